The summed E-state index contributed by atoms with van der Waals surface area (Å²) in [6.45, 7) is 7.94. The van der Waals surface area contributed by atoms with Crippen LogP contribution in [0.3, 0.4) is 0 Å². The number of nitriles is 1. The van der Waals surface area contributed by atoms with Crippen LogP contribution in [0.5, 0.6) is 0 Å². The lowest BCUT2D eigenvalue weighted by molar-refractivity contribution is -0.127. The Balaban J connectivity index is 1.76. The number of carbonyl (C=O) groups excluding carboxylic acids is 1. The monoisotopic (exact) mass is 434 g/mol. The molecule has 0 aromatic heterocycles. The number of hydrogen-bond donors (Lipinski definition) is 4. The van der Waals surface area contributed by atoms with Gasteiger partial charge in [-0.1, -0.05) is 0 Å². The molecule has 4 unspecified atom stereocenters. The molecule has 2 saturated heterocycles. The van der Waals surface area contributed by atoms with Crippen LogP contribution in [-0.2, 0) is 14.8 Å². The van der Waals surface area contributed by atoms with Crippen LogP contribution < -0.4 is 20.8 Å². The fraction of sp³-hybridized carbons (Fsp3) is 0.600. The second-order valence-corrected chi connectivity index (χ2v) is 10.6. The maximum absolute atomic E-state index is 12.6. The minimum Gasteiger partial charge on any atom is -0.368 e. The van der Waals surface area contributed by atoms with Crippen LogP contribution in [0.4, 0.5) is 5.69 Å². The third kappa shape index (κ3) is 4.92. The second kappa shape index (κ2) is 8.51. The summed E-state index contributed by atoms with van der Waals surface area (Å²) in [6, 6.07) is 8.61. The van der Waals surface area contributed by atoms with E-state index >= 15 is 0 Å². The summed E-state index contributed by atoms with van der Waals surface area (Å²) in [5.41, 5.74) is 3.48. The van der Waals surface area contributed by atoms with Crippen molar-refractivity contribution in [3.8, 4) is 6.07 Å². The fourth-order valence-corrected chi connectivity index (χ4v) is 5.43. The number of nitrogens with one attached hydrogen (secondary N) is 4. The molecule has 30 heavy (non-hydrogen) atoms. The van der Waals surface area contributed by atoms with E-state index in [9.17, 15) is 13.2 Å². The van der Waals surface area contributed by atoms with Crippen molar-refractivity contribution in [3.63, 3.8) is 0 Å². The van der Waals surface area contributed by atoms with E-state index in [4.69, 9.17) is 5.26 Å². The van der Waals surface area contributed by atoms with Crippen LogP contribution in [0.25, 0.3) is 0 Å². The van der Waals surface area contributed by atoms with Gasteiger partial charge in [-0.15, -0.1) is 0 Å². The van der Waals surface area contributed by atoms with Crippen LogP contribution in [0.15, 0.2) is 29.2 Å². The summed E-state index contributed by atoms with van der Waals surface area (Å²) < 4.78 is 27.6. The van der Waals surface area contributed by atoms with Gasteiger partial charge < -0.3 is 10.6 Å². The Kier molecular flexibility index (Phi) is 6.38. The maximum Gasteiger partial charge on any atom is 0.241 e. The Morgan fingerprint density at radius 2 is 1.97 bits per heavy atom. The van der Waals surface area contributed by atoms with Crippen LogP contribution in [0.1, 0.15) is 40.5 Å². The van der Waals surface area contributed by atoms with Gasteiger partial charge in [-0.3, -0.25) is 4.79 Å². The van der Waals surface area contributed by atoms with Crippen LogP contribution >= 0.6 is 0 Å². The molecule has 0 bridgehead atoms. The molecule has 0 saturated carbocycles. The molecule has 1 aromatic rings. The first kappa shape index (κ1) is 22.5. The van der Waals surface area contributed by atoms with Gasteiger partial charge in [-0.05, 0) is 58.4 Å². The molecule has 10 heteroatoms. The van der Waals surface area contributed by atoms with Gasteiger partial charge >= 0.3 is 0 Å². The molecule has 9 nitrogen and oxygen atoms in total. The summed E-state index contributed by atoms with van der Waals surface area (Å²) in [5.74, 6) is -0.345. The van der Waals surface area contributed by atoms with E-state index in [0.29, 0.717) is 18.7 Å². The van der Waals surface area contributed by atoms with E-state index in [1.54, 1.807) is 45.0 Å². The smallest absolute Gasteiger partial charge is 0.241 e. The minimum atomic E-state index is -3.61. The normalized spacial score (nSPS) is 25.8. The molecule has 4 atom stereocenters. The summed E-state index contributed by atoms with van der Waals surface area (Å²) in [4.78, 5) is 12.7. The highest BCUT2D eigenvalue weighted by Gasteiger charge is 2.48. The Morgan fingerprint density at radius 3 is 2.57 bits per heavy atom. The number of sulfonamides is 1. The average molecular weight is 435 g/mol. The molecule has 1 amide bonds. The first-order chi connectivity index (χ1) is 14.0. The lowest BCUT2D eigenvalue weighted by Crippen LogP contribution is -2.51. The molecular formula is C20H30N6O3S. The standard InChI is InChI=1S/C20H30N6O3S/c1-13(9-11-21)26-16-10-12-22-19(27)17(16)18(24-26)23-14-5-7-15(8-6-14)30(28,29)25-20(2,3)4/h5-8,13,16-18,23-25H,9-10,12H2,1-4H3,(H,22,27). The molecule has 2 aliphatic rings. The molecule has 2 heterocycles. The zero-order valence-electron chi connectivity index (χ0n) is 17.8. The highest BCUT2D eigenvalue weighted by molar-refractivity contribution is 7.89. The zero-order valence-corrected chi connectivity index (χ0v) is 18.6. The highest BCUT2D eigenvalue weighted by Crippen LogP contribution is 2.31. The van der Waals surface area contributed by atoms with Gasteiger partial charge in [0.15, 0.2) is 0 Å². The molecule has 4 N–H and O–H groups in total. The minimum absolute atomic E-state index is 0.00441. The summed E-state index contributed by atoms with van der Waals surface area (Å²) >= 11 is 0. The van der Waals surface area contributed by atoms with Gasteiger partial charge in [-0.25, -0.2) is 23.6 Å². The topological polar surface area (TPSA) is 126 Å². The number of hydrogen-bond acceptors (Lipinski definition) is 7. The largest absolute Gasteiger partial charge is 0.368 e. The molecule has 164 valence electrons. The Bertz CT molecular complexity index is 919. The van der Waals surface area contributed by atoms with Crippen LogP contribution in [0, 0.1) is 17.2 Å². The number of fused-ring (bicyclic) bond motifs is 1. The number of carbonyl (C=O) groups is 1. The van der Waals surface area contributed by atoms with Crippen molar-refractivity contribution in [1.29, 1.82) is 5.26 Å². The first-order valence-electron chi connectivity index (χ1n) is 10.1. The van der Waals surface area contributed by atoms with Crippen molar-refractivity contribution in [1.82, 2.24) is 20.5 Å². The lowest BCUT2D eigenvalue weighted by Gasteiger charge is -2.33. The number of rotatable bonds is 6. The number of hydrazine groups is 1. The Hall–Kier alpha value is -2.19. The van der Waals surface area contributed by atoms with E-state index in [2.05, 4.69) is 26.9 Å². The second-order valence-electron chi connectivity index (χ2n) is 8.92. The van der Waals surface area contributed by atoms with Gasteiger partial charge in [0.25, 0.3) is 0 Å². The van der Waals surface area contributed by atoms with Crippen molar-refractivity contribution < 1.29 is 13.2 Å². The predicted octanol–water partition coefficient (Wildman–Crippen LogP) is 1.13. The van der Waals surface area contributed by atoms with Crippen LogP contribution in [0.2, 0.25) is 0 Å². The number of piperidine rings is 1. The fourth-order valence-electron chi connectivity index (χ4n) is 4.02. The van der Waals surface area contributed by atoms with E-state index in [0.717, 1.165) is 6.42 Å². The van der Waals surface area contributed by atoms with E-state index in [-0.39, 0.29) is 35.0 Å². The highest BCUT2D eigenvalue weighted by atomic mass is 32.2. The first-order valence-corrected chi connectivity index (χ1v) is 11.6. The van der Waals surface area contributed by atoms with Gasteiger partial charge in [0.1, 0.15) is 6.17 Å². The molecule has 0 aliphatic carbocycles. The van der Waals surface area contributed by atoms with Crippen molar-refractivity contribution in [2.75, 3.05) is 11.9 Å². The number of nitrogens with zero attached hydrogens (tertiary/aromatic N) is 2. The predicted molar refractivity (Wildman–Crippen MR) is 113 cm³/mol. The average Bonchev–Trinajstić information content (AvgIpc) is 3.00. The molecule has 0 radical (unpaired) electrons. The van der Waals surface area contributed by atoms with Crippen molar-refractivity contribution in [2.45, 2.75) is 69.2 Å². The zero-order chi connectivity index (χ0) is 22.1. The van der Waals surface area contributed by atoms with E-state index in [1.165, 1.54) is 0 Å². The number of anilines is 1. The molecule has 3 rings (SSSR count). The third-order valence-corrected chi connectivity index (χ3v) is 7.02. The summed E-state index contributed by atoms with van der Waals surface area (Å²) in [7, 11) is -3.61. The molecule has 0 spiro atoms. The Morgan fingerprint density at radius 1 is 1.30 bits per heavy atom. The van der Waals surface area contributed by atoms with E-state index < -0.39 is 15.6 Å². The van der Waals surface area contributed by atoms with E-state index in [1.807, 2.05) is 11.9 Å². The molecule has 2 fully saturated rings. The summed E-state index contributed by atoms with van der Waals surface area (Å²) in [5, 5.41) is 17.3. The molecular weight excluding hydrogens is 404 g/mol. The van der Waals surface area contributed by atoms with Crippen molar-refractivity contribution in [2.24, 2.45) is 5.92 Å². The molecule has 2 aliphatic heterocycles. The number of benzene rings is 1. The SMILES string of the molecule is CC(CC#N)N1NC(Nc2ccc(S(=O)(=O)NC(C)(C)C)cc2)C2C(=O)NCCC21. The third-order valence-electron chi connectivity index (χ3n) is 5.25. The quantitative estimate of drug-likeness (QED) is 0.529. The lowest BCUT2D eigenvalue weighted by atomic mass is 9.90. The Labute approximate surface area is 178 Å². The summed E-state index contributed by atoms with van der Waals surface area (Å²) in [6.07, 6.45) is 0.803. The van der Waals surface area contributed by atoms with Gasteiger partial charge in [-0.2, -0.15) is 5.26 Å². The van der Waals surface area contributed by atoms with Gasteiger partial charge in [0, 0.05) is 29.9 Å². The molecule has 1 aromatic carbocycles. The van der Waals surface area contributed by atoms with Crippen molar-refractivity contribution in [3.05, 3.63) is 24.3 Å². The van der Waals surface area contributed by atoms with Gasteiger partial charge in [0.2, 0.25) is 15.9 Å². The number of amides is 1. The maximum atomic E-state index is 12.6. The van der Waals surface area contributed by atoms with Crippen molar-refractivity contribution >= 4 is 21.6 Å². The van der Waals surface area contributed by atoms with Crippen LogP contribution in [-0.4, -0.2) is 49.7 Å². The van der Waals surface area contributed by atoms with Gasteiger partial charge in [0.05, 0.1) is 23.3 Å².